The zero-order valence-corrected chi connectivity index (χ0v) is 13.8. The Kier molecular flexibility index (Phi) is 5.28. The lowest BCUT2D eigenvalue weighted by Gasteiger charge is -2.21. The van der Waals surface area contributed by atoms with Crippen LogP contribution in [0.1, 0.15) is 51.2 Å². The topological polar surface area (TPSA) is 41.5 Å². The van der Waals surface area contributed by atoms with Crippen molar-refractivity contribution in [3.63, 3.8) is 0 Å². The monoisotopic (exact) mass is 291 g/mol. The first-order valence-corrected chi connectivity index (χ1v) is 8.01. The molecule has 118 valence electrons. The second kappa shape index (κ2) is 6.80. The molecule has 1 aromatic carbocycles. The third-order valence-electron chi connectivity index (χ3n) is 4.03. The Morgan fingerprint density at radius 1 is 1.33 bits per heavy atom. The minimum atomic E-state index is 0.159. The van der Waals surface area contributed by atoms with Crippen molar-refractivity contribution < 1.29 is 9.84 Å². The van der Waals surface area contributed by atoms with Gasteiger partial charge in [0, 0.05) is 12.1 Å². The van der Waals surface area contributed by atoms with Gasteiger partial charge in [0.05, 0.1) is 13.2 Å². The molecule has 0 aliphatic heterocycles. The van der Waals surface area contributed by atoms with Crippen molar-refractivity contribution in [2.24, 2.45) is 0 Å². The maximum atomic E-state index is 9.36. The minimum Gasteiger partial charge on any atom is -0.493 e. The molecule has 1 unspecified atom stereocenters. The molecule has 0 saturated heterocycles. The van der Waals surface area contributed by atoms with Crippen molar-refractivity contribution in [2.75, 3.05) is 13.2 Å². The van der Waals surface area contributed by atoms with Gasteiger partial charge in [-0.3, -0.25) is 0 Å². The maximum Gasteiger partial charge on any atom is 0.122 e. The molecule has 0 radical (unpaired) electrons. The van der Waals surface area contributed by atoms with Crippen molar-refractivity contribution >= 4 is 0 Å². The van der Waals surface area contributed by atoms with Crippen LogP contribution in [0.15, 0.2) is 18.2 Å². The summed E-state index contributed by atoms with van der Waals surface area (Å²) in [4.78, 5) is 0. The zero-order valence-electron chi connectivity index (χ0n) is 13.8. The summed E-state index contributed by atoms with van der Waals surface area (Å²) in [7, 11) is 0. The molecule has 0 amide bonds. The minimum absolute atomic E-state index is 0.159. The van der Waals surface area contributed by atoms with Crippen molar-refractivity contribution in [3.8, 4) is 5.75 Å². The van der Waals surface area contributed by atoms with E-state index in [9.17, 15) is 5.11 Å². The van der Waals surface area contributed by atoms with Crippen LogP contribution in [0.25, 0.3) is 0 Å². The van der Waals surface area contributed by atoms with Gasteiger partial charge >= 0.3 is 0 Å². The van der Waals surface area contributed by atoms with Crippen LogP contribution < -0.4 is 10.1 Å². The van der Waals surface area contributed by atoms with Gasteiger partial charge < -0.3 is 15.2 Å². The van der Waals surface area contributed by atoms with Gasteiger partial charge in [0.25, 0.3) is 0 Å². The van der Waals surface area contributed by atoms with Crippen molar-refractivity contribution in [1.82, 2.24) is 5.32 Å². The highest BCUT2D eigenvalue weighted by Gasteiger charge is 2.24. The normalized spacial score (nSPS) is 16.8. The summed E-state index contributed by atoms with van der Waals surface area (Å²) >= 11 is 0. The number of benzene rings is 1. The maximum absolute atomic E-state index is 9.36. The van der Waals surface area contributed by atoms with E-state index in [-0.39, 0.29) is 18.1 Å². The molecule has 0 aromatic heterocycles. The molecule has 1 atom stereocenters. The molecular weight excluding hydrogens is 262 g/mol. The number of aliphatic hydroxyl groups excluding tert-OH is 1. The molecular formula is C18H29NO2. The van der Waals surface area contributed by atoms with Crippen molar-refractivity contribution in [1.29, 1.82) is 0 Å². The second-order valence-electron chi connectivity index (χ2n) is 7.19. The van der Waals surface area contributed by atoms with E-state index in [0.29, 0.717) is 12.6 Å². The van der Waals surface area contributed by atoms with Crippen LogP contribution in [0, 0.1) is 6.92 Å². The molecule has 2 N–H and O–H groups in total. The summed E-state index contributed by atoms with van der Waals surface area (Å²) in [6.45, 7) is 9.58. The zero-order chi connectivity index (χ0) is 15.5. The first-order chi connectivity index (χ1) is 9.90. The summed E-state index contributed by atoms with van der Waals surface area (Å²) in [6.07, 6.45) is 3.32. The number of aliphatic hydroxyl groups is 1. The summed E-state index contributed by atoms with van der Waals surface area (Å²) in [5.41, 5.74) is 2.67. The highest BCUT2D eigenvalue weighted by molar-refractivity contribution is 5.38. The summed E-state index contributed by atoms with van der Waals surface area (Å²) < 4.78 is 5.89. The van der Waals surface area contributed by atoms with Crippen LogP contribution >= 0.6 is 0 Å². The van der Waals surface area contributed by atoms with E-state index < -0.39 is 0 Å². The van der Waals surface area contributed by atoms with Gasteiger partial charge in [0.1, 0.15) is 5.75 Å². The fourth-order valence-corrected chi connectivity index (χ4v) is 2.40. The summed E-state index contributed by atoms with van der Waals surface area (Å²) in [5.74, 6) is 0.950. The third-order valence-corrected chi connectivity index (χ3v) is 4.03. The molecule has 2 rings (SSSR count). The highest BCUT2D eigenvalue weighted by Crippen LogP contribution is 2.27. The molecule has 1 aromatic rings. The van der Waals surface area contributed by atoms with Gasteiger partial charge in [-0.2, -0.15) is 0 Å². The van der Waals surface area contributed by atoms with Gasteiger partial charge in [0.2, 0.25) is 0 Å². The first kappa shape index (κ1) is 16.3. The SMILES string of the molecule is Cc1cc(C(C)(C)C)ccc1OCCC(CO)NC1CC1. The lowest BCUT2D eigenvalue weighted by atomic mass is 9.86. The van der Waals surface area contributed by atoms with Crippen LogP contribution in [0.5, 0.6) is 5.75 Å². The summed E-state index contributed by atoms with van der Waals surface area (Å²) in [6, 6.07) is 7.20. The predicted molar refractivity (Wildman–Crippen MR) is 87.0 cm³/mol. The molecule has 1 aliphatic carbocycles. The Morgan fingerprint density at radius 3 is 2.57 bits per heavy atom. The van der Waals surface area contributed by atoms with E-state index in [1.165, 1.54) is 24.0 Å². The smallest absolute Gasteiger partial charge is 0.122 e. The molecule has 3 nitrogen and oxygen atoms in total. The van der Waals surface area contributed by atoms with Crippen LogP contribution in [0.2, 0.25) is 0 Å². The Bertz CT molecular complexity index is 461. The molecule has 0 spiro atoms. The van der Waals surface area contributed by atoms with Gasteiger partial charge in [-0.15, -0.1) is 0 Å². The van der Waals surface area contributed by atoms with Gasteiger partial charge in [-0.05, 0) is 48.8 Å². The number of nitrogens with one attached hydrogen (secondary N) is 1. The average Bonchev–Trinajstić information content (AvgIpc) is 3.22. The molecule has 0 bridgehead atoms. The van der Waals surface area contributed by atoms with Crippen molar-refractivity contribution in [3.05, 3.63) is 29.3 Å². The van der Waals surface area contributed by atoms with Crippen LogP contribution in [-0.2, 0) is 5.41 Å². The van der Waals surface area contributed by atoms with Crippen molar-refractivity contribution in [2.45, 2.75) is 64.5 Å². The number of ether oxygens (including phenoxy) is 1. The van der Waals surface area contributed by atoms with E-state index in [2.05, 4.69) is 51.2 Å². The largest absolute Gasteiger partial charge is 0.493 e. The fourth-order valence-electron chi connectivity index (χ4n) is 2.40. The van der Waals surface area contributed by atoms with Crippen LogP contribution in [0.4, 0.5) is 0 Å². The lowest BCUT2D eigenvalue weighted by molar-refractivity contribution is 0.207. The highest BCUT2D eigenvalue weighted by atomic mass is 16.5. The molecule has 1 aliphatic rings. The van der Waals surface area contributed by atoms with Gasteiger partial charge in [-0.1, -0.05) is 32.9 Å². The Labute approximate surface area is 128 Å². The molecule has 0 heterocycles. The molecule has 21 heavy (non-hydrogen) atoms. The number of aryl methyl sites for hydroxylation is 1. The molecule has 1 saturated carbocycles. The fraction of sp³-hybridized carbons (Fsp3) is 0.667. The van der Waals surface area contributed by atoms with Crippen LogP contribution in [0.3, 0.4) is 0 Å². The number of hydrogen-bond acceptors (Lipinski definition) is 3. The van der Waals surface area contributed by atoms with Gasteiger partial charge in [-0.25, -0.2) is 0 Å². The standard InChI is InChI=1S/C18H29NO2/c1-13-11-14(18(2,3)4)5-8-17(13)21-10-9-16(12-20)19-15-6-7-15/h5,8,11,15-16,19-20H,6-7,9-10,12H2,1-4H3. The van der Waals surface area contributed by atoms with E-state index in [1.807, 2.05) is 0 Å². The Balaban J connectivity index is 1.85. The number of rotatable bonds is 7. The quantitative estimate of drug-likeness (QED) is 0.811. The average molecular weight is 291 g/mol. The second-order valence-corrected chi connectivity index (χ2v) is 7.19. The van der Waals surface area contributed by atoms with E-state index in [4.69, 9.17) is 4.74 Å². The van der Waals surface area contributed by atoms with E-state index >= 15 is 0 Å². The molecule has 3 heteroatoms. The Morgan fingerprint density at radius 2 is 2.05 bits per heavy atom. The lowest BCUT2D eigenvalue weighted by Crippen LogP contribution is -2.35. The third kappa shape index (κ3) is 5.01. The van der Waals surface area contributed by atoms with Gasteiger partial charge in [0.15, 0.2) is 0 Å². The van der Waals surface area contributed by atoms with E-state index in [0.717, 1.165) is 12.2 Å². The van der Waals surface area contributed by atoms with E-state index in [1.54, 1.807) is 0 Å². The summed E-state index contributed by atoms with van der Waals surface area (Å²) in [5, 5.41) is 12.8. The van der Waals surface area contributed by atoms with Crippen LogP contribution in [-0.4, -0.2) is 30.4 Å². The predicted octanol–water partition coefficient (Wildman–Crippen LogP) is 3.17. The molecule has 1 fully saturated rings. The Hall–Kier alpha value is -1.06. The number of hydrogen-bond donors (Lipinski definition) is 2. The first-order valence-electron chi connectivity index (χ1n) is 8.01.